The molecule has 0 unspecified atom stereocenters. The number of nitrogens with one attached hydrogen (secondary N) is 1. The highest BCUT2D eigenvalue weighted by molar-refractivity contribution is 5.94. The minimum Gasteiger partial charge on any atom is -0.391 e. The van der Waals surface area contributed by atoms with Gasteiger partial charge in [-0.3, -0.25) is 4.79 Å². The number of carbonyl (C=O) groups excluding carboxylic acids is 2. The summed E-state index contributed by atoms with van der Waals surface area (Å²) in [6, 6.07) is 3.11. The predicted molar refractivity (Wildman–Crippen MR) is 79.9 cm³/mol. The Hall–Kier alpha value is -2.15. The zero-order valence-corrected chi connectivity index (χ0v) is 13.1. The molecule has 0 aromatic carbocycles. The van der Waals surface area contributed by atoms with Gasteiger partial charge in [-0.05, 0) is 26.8 Å². The van der Waals surface area contributed by atoms with E-state index in [2.05, 4.69) is 10.3 Å². The van der Waals surface area contributed by atoms with Gasteiger partial charge in [0.05, 0.1) is 18.8 Å². The molecule has 2 heterocycles. The minimum absolute atomic E-state index is 0.0958. The van der Waals surface area contributed by atoms with Gasteiger partial charge in [0.15, 0.2) is 0 Å². The lowest BCUT2D eigenvalue weighted by molar-refractivity contribution is 0.0302. The number of nitrogens with zero attached hydrogens (tertiary/aromatic N) is 2. The lowest BCUT2D eigenvalue weighted by Crippen LogP contribution is -2.42. The van der Waals surface area contributed by atoms with Crippen LogP contribution in [0.1, 0.15) is 31.1 Å². The normalized spacial score (nSPS) is 15.3. The molecule has 120 valence electrons. The van der Waals surface area contributed by atoms with E-state index in [1.807, 2.05) is 20.8 Å². The molecule has 0 radical (unpaired) electrons. The first-order chi connectivity index (χ1) is 10.3. The number of ether oxygens (including phenoxy) is 2. The largest absolute Gasteiger partial charge is 0.414 e. The fraction of sp³-hybridized carbons (Fsp3) is 0.533. The van der Waals surface area contributed by atoms with E-state index >= 15 is 0 Å². The number of pyridine rings is 1. The van der Waals surface area contributed by atoms with Crippen molar-refractivity contribution in [3.8, 4) is 5.88 Å². The molecule has 7 heteroatoms. The maximum Gasteiger partial charge on any atom is 0.414 e. The van der Waals surface area contributed by atoms with E-state index < -0.39 is 6.09 Å². The Morgan fingerprint density at radius 3 is 2.50 bits per heavy atom. The van der Waals surface area contributed by atoms with Gasteiger partial charge in [-0.25, -0.2) is 9.78 Å². The summed E-state index contributed by atoms with van der Waals surface area (Å²) in [7, 11) is 0. The summed E-state index contributed by atoms with van der Waals surface area (Å²) in [6.45, 7) is 7.81. The predicted octanol–water partition coefficient (Wildman–Crippen LogP) is 1.44. The lowest BCUT2D eigenvalue weighted by Gasteiger charge is -2.26. The SMILES string of the molecule is CC(C)(C)NC(=O)Oc1ccc(C(=O)N2CCOCC2)cn1. The third-order valence-corrected chi connectivity index (χ3v) is 2.96. The van der Waals surface area contributed by atoms with Crippen molar-refractivity contribution in [2.24, 2.45) is 0 Å². The van der Waals surface area contributed by atoms with Crippen LogP contribution in [0.4, 0.5) is 4.79 Å². The number of carbonyl (C=O) groups is 2. The van der Waals surface area contributed by atoms with Gasteiger partial charge in [0.2, 0.25) is 5.88 Å². The molecule has 1 aromatic heterocycles. The van der Waals surface area contributed by atoms with Crippen molar-refractivity contribution >= 4 is 12.0 Å². The molecule has 0 aliphatic carbocycles. The summed E-state index contributed by atoms with van der Waals surface area (Å²) in [5.74, 6) is 0.0572. The van der Waals surface area contributed by atoms with Crippen LogP contribution < -0.4 is 10.1 Å². The summed E-state index contributed by atoms with van der Waals surface area (Å²) in [5, 5.41) is 2.67. The first kappa shape index (κ1) is 16.2. The molecule has 0 atom stereocenters. The monoisotopic (exact) mass is 307 g/mol. The second kappa shape index (κ2) is 6.74. The Morgan fingerprint density at radius 1 is 1.27 bits per heavy atom. The molecule has 2 amide bonds. The number of hydrogen-bond donors (Lipinski definition) is 1. The first-order valence-electron chi connectivity index (χ1n) is 7.18. The summed E-state index contributed by atoms with van der Waals surface area (Å²) in [5.41, 5.74) is 0.0778. The van der Waals surface area contributed by atoms with E-state index in [9.17, 15) is 9.59 Å². The van der Waals surface area contributed by atoms with Gasteiger partial charge >= 0.3 is 6.09 Å². The number of aromatic nitrogens is 1. The second-order valence-corrected chi connectivity index (χ2v) is 6.05. The van der Waals surface area contributed by atoms with E-state index in [0.717, 1.165) is 0 Å². The van der Waals surface area contributed by atoms with Crippen LogP contribution in [0.2, 0.25) is 0 Å². The van der Waals surface area contributed by atoms with Crippen molar-refractivity contribution < 1.29 is 19.1 Å². The molecular formula is C15H21N3O4. The van der Waals surface area contributed by atoms with Gasteiger partial charge in [0.25, 0.3) is 5.91 Å². The van der Waals surface area contributed by atoms with Gasteiger partial charge in [-0.2, -0.15) is 0 Å². The molecule has 22 heavy (non-hydrogen) atoms. The molecule has 7 nitrogen and oxygen atoms in total. The van der Waals surface area contributed by atoms with Gasteiger partial charge in [-0.15, -0.1) is 0 Å². The average Bonchev–Trinajstić information content (AvgIpc) is 2.46. The van der Waals surface area contributed by atoms with Crippen LogP contribution in [-0.4, -0.2) is 53.7 Å². The van der Waals surface area contributed by atoms with Crippen molar-refractivity contribution in [1.29, 1.82) is 0 Å². The lowest BCUT2D eigenvalue weighted by atomic mass is 10.1. The maximum atomic E-state index is 12.2. The average molecular weight is 307 g/mol. The van der Waals surface area contributed by atoms with Crippen LogP contribution >= 0.6 is 0 Å². The molecule has 1 aliphatic rings. The Labute approximate surface area is 129 Å². The van der Waals surface area contributed by atoms with Crippen LogP contribution in [0.15, 0.2) is 18.3 Å². The number of hydrogen-bond acceptors (Lipinski definition) is 5. The molecular weight excluding hydrogens is 286 g/mol. The zero-order valence-electron chi connectivity index (χ0n) is 13.1. The fourth-order valence-electron chi connectivity index (χ4n) is 1.94. The van der Waals surface area contributed by atoms with Crippen molar-refractivity contribution in [3.05, 3.63) is 23.9 Å². The fourth-order valence-corrected chi connectivity index (χ4v) is 1.94. The van der Waals surface area contributed by atoms with E-state index in [4.69, 9.17) is 9.47 Å². The smallest absolute Gasteiger partial charge is 0.391 e. The summed E-state index contributed by atoms with van der Waals surface area (Å²) < 4.78 is 10.3. The first-order valence-corrected chi connectivity index (χ1v) is 7.18. The molecule has 1 fully saturated rings. The highest BCUT2D eigenvalue weighted by atomic mass is 16.6. The molecule has 1 aliphatic heterocycles. The van der Waals surface area contributed by atoms with E-state index in [1.54, 1.807) is 11.0 Å². The number of rotatable bonds is 2. The molecule has 0 spiro atoms. The zero-order chi connectivity index (χ0) is 16.2. The minimum atomic E-state index is -0.577. The quantitative estimate of drug-likeness (QED) is 0.894. The Kier molecular flexibility index (Phi) is 4.97. The van der Waals surface area contributed by atoms with Crippen LogP contribution in [0.5, 0.6) is 5.88 Å². The van der Waals surface area contributed by atoms with Gasteiger partial charge in [0.1, 0.15) is 0 Å². The maximum absolute atomic E-state index is 12.2. The second-order valence-electron chi connectivity index (χ2n) is 6.05. The summed E-state index contributed by atoms with van der Waals surface area (Å²) >= 11 is 0. The van der Waals surface area contributed by atoms with Crippen LogP contribution in [0.25, 0.3) is 0 Å². The molecule has 2 rings (SSSR count). The van der Waals surface area contributed by atoms with Crippen LogP contribution in [0.3, 0.4) is 0 Å². The summed E-state index contributed by atoms with van der Waals surface area (Å²) in [6.07, 6.45) is 0.838. The van der Waals surface area contributed by atoms with Crippen LogP contribution in [0, 0.1) is 0 Å². The highest BCUT2D eigenvalue weighted by Crippen LogP contribution is 2.12. The third kappa shape index (κ3) is 4.70. The van der Waals surface area contributed by atoms with E-state index in [-0.39, 0.29) is 17.3 Å². The Morgan fingerprint density at radius 2 is 1.95 bits per heavy atom. The topological polar surface area (TPSA) is 80.8 Å². The molecule has 0 saturated carbocycles. The van der Waals surface area contributed by atoms with Crippen molar-refractivity contribution in [2.75, 3.05) is 26.3 Å². The van der Waals surface area contributed by atoms with Gasteiger partial charge in [-0.1, -0.05) is 0 Å². The molecule has 1 N–H and O–H groups in total. The van der Waals surface area contributed by atoms with E-state index in [0.29, 0.717) is 31.9 Å². The molecule has 1 aromatic rings. The van der Waals surface area contributed by atoms with Crippen molar-refractivity contribution in [3.63, 3.8) is 0 Å². The van der Waals surface area contributed by atoms with Crippen LogP contribution in [-0.2, 0) is 4.74 Å². The van der Waals surface area contributed by atoms with Crippen molar-refractivity contribution in [2.45, 2.75) is 26.3 Å². The number of amides is 2. The standard InChI is InChI=1S/C15H21N3O4/c1-15(2,3)17-14(20)22-12-5-4-11(10-16-12)13(19)18-6-8-21-9-7-18/h4-5,10H,6-9H2,1-3H3,(H,17,20). The summed E-state index contributed by atoms with van der Waals surface area (Å²) in [4.78, 5) is 29.6. The molecule has 1 saturated heterocycles. The van der Waals surface area contributed by atoms with Gasteiger partial charge in [0, 0.05) is 30.9 Å². The van der Waals surface area contributed by atoms with Gasteiger partial charge < -0.3 is 19.7 Å². The van der Waals surface area contributed by atoms with E-state index in [1.165, 1.54) is 12.3 Å². The Bertz CT molecular complexity index is 531. The molecule has 0 bridgehead atoms. The third-order valence-electron chi connectivity index (χ3n) is 2.96. The van der Waals surface area contributed by atoms with Crippen molar-refractivity contribution in [1.82, 2.24) is 15.2 Å². The Balaban J connectivity index is 1.95. The highest BCUT2D eigenvalue weighted by Gasteiger charge is 2.19. The number of morpholine rings is 1.